The molecule has 0 aliphatic carbocycles. The molecule has 0 fully saturated rings. The van der Waals surface area contributed by atoms with E-state index in [1.54, 1.807) is 31.5 Å². The van der Waals surface area contributed by atoms with Crippen LogP contribution in [-0.2, 0) is 0 Å². The number of aromatic nitrogens is 4. The van der Waals surface area contributed by atoms with Gasteiger partial charge in [-0.15, -0.1) is 0 Å². The maximum absolute atomic E-state index is 12.7. The Labute approximate surface area is 155 Å². The van der Waals surface area contributed by atoms with Crippen LogP contribution in [0.15, 0.2) is 59.4 Å². The highest BCUT2D eigenvalue weighted by atomic mass is 16.5. The normalized spacial score (nSPS) is 12.1. The third-order valence-corrected chi connectivity index (χ3v) is 4.21. The van der Waals surface area contributed by atoms with E-state index in [0.29, 0.717) is 28.3 Å². The maximum atomic E-state index is 12.7. The molecule has 0 spiro atoms. The summed E-state index contributed by atoms with van der Waals surface area (Å²) in [4.78, 5) is 25.6. The first kappa shape index (κ1) is 16.8. The number of para-hydroxylation sites is 1. The van der Waals surface area contributed by atoms with Gasteiger partial charge in [0.05, 0.1) is 11.1 Å². The van der Waals surface area contributed by atoms with Crippen molar-refractivity contribution in [3.8, 4) is 11.4 Å². The van der Waals surface area contributed by atoms with Gasteiger partial charge in [-0.05, 0) is 26.0 Å². The van der Waals surface area contributed by atoms with E-state index in [4.69, 9.17) is 4.52 Å². The molecule has 7 heteroatoms. The van der Waals surface area contributed by atoms with Crippen molar-refractivity contribution in [2.45, 2.75) is 19.9 Å². The van der Waals surface area contributed by atoms with Gasteiger partial charge in [0, 0.05) is 18.0 Å². The minimum Gasteiger partial charge on any atom is -0.340 e. The van der Waals surface area contributed by atoms with Gasteiger partial charge in [0.2, 0.25) is 11.7 Å². The second-order valence-corrected chi connectivity index (χ2v) is 6.25. The monoisotopic (exact) mass is 359 g/mol. The summed E-state index contributed by atoms with van der Waals surface area (Å²) in [6, 6.07) is 12.7. The lowest BCUT2D eigenvalue weighted by Gasteiger charge is -2.10. The average molecular weight is 359 g/mol. The molecule has 0 unspecified atom stereocenters. The average Bonchev–Trinajstić information content (AvgIpc) is 3.18. The SMILES string of the molecule is Cc1ccc(-c2noc([C@H](C)NC(=O)c3cccc4nccnc34)n2)cc1. The van der Waals surface area contributed by atoms with Crippen molar-refractivity contribution in [1.29, 1.82) is 0 Å². The van der Waals surface area contributed by atoms with Crippen LogP contribution in [0, 0.1) is 6.92 Å². The predicted molar refractivity (Wildman–Crippen MR) is 99.9 cm³/mol. The summed E-state index contributed by atoms with van der Waals surface area (Å²) in [5.41, 5.74) is 3.68. The molecule has 0 bridgehead atoms. The number of rotatable bonds is 4. The number of carbonyl (C=O) groups excluding carboxylic acids is 1. The molecule has 1 N–H and O–H groups in total. The number of amides is 1. The Morgan fingerprint density at radius 3 is 2.67 bits per heavy atom. The number of benzene rings is 2. The van der Waals surface area contributed by atoms with Crippen LogP contribution in [0.2, 0.25) is 0 Å². The van der Waals surface area contributed by atoms with E-state index < -0.39 is 6.04 Å². The lowest BCUT2D eigenvalue weighted by molar-refractivity contribution is 0.0934. The minimum absolute atomic E-state index is 0.274. The number of carbonyl (C=O) groups is 1. The van der Waals surface area contributed by atoms with Crippen molar-refractivity contribution in [2.75, 3.05) is 0 Å². The highest BCUT2D eigenvalue weighted by molar-refractivity contribution is 6.04. The Morgan fingerprint density at radius 1 is 1.07 bits per heavy atom. The van der Waals surface area contributed by atoms with E-state index in [-0.39, 0.29) is 5.91 Å². The minimum atomic E-state index is -0.448. The van der Waals surface area contributed by atoms with Gasteiger partial charge in [0.15, 0.2) is 0 Å². The Hall–Kier alpha value is -3.61. The Bertz CT molecular complexity index is 1100. The van der Waals surface area contributed by atoms with E-state index in [2.05, 4.69) is 25.4 Å². The summed E-state index contributed by atoms with van der Waals surface area (Å²) in [6.07, 6.45) is 3.16. The third kappa shape index (κ3) is 3.39. The van der Waals surface area contributed by atoms with E-state index >= 15 is 0 Å². The van der Waals surface area contributed by atoms with Crippen LogP contribution in [0.4, 0.5) is 0 Å². The fourth-order valence-electron chi connectivity index (χ4n) is 2.74. The van der Waals surface area contributed by atoms with Gasteiger partial charge in [-0.1, -0.05) is 41.1 Å². The molecule has 2 aromatic carbocycles. The summed E-state index contributed by atoms with van der Waals surface area (Å²) in [5, 5.41) is 6.88. The molecular weight excluding hydrogens is 342 g/mol. The van der Waals surface area contributed by atoms with Crippen molar-refractivity contribution < 1.29 is 9.32 Å². The lowest BCUT2D eigenvalue weighted by atomic mass is 10.1. The molecule has 134 valence electrons. The van der Waals surface area contributed by atoms with Gasteiger partial charge in [0.1, 0.15) is 11.6 Å². The summed E-state index contributed by atoms with van der Waals surface area (Å²) >= 11 is 0. The summed E-state index contributed by atoms with van der Waals surface area (Å²) < 4.78 is 5.33. The largest absolute Gasteiger partial charge is 0.340 e. The fourth-order valence-corrected chi connectivity index (χ4v) is 2.74. The smallest absolute Gasteiger partial charge is 0.254 e. The topological polar surface area (TPSA) is 93.8 Å². The molecular formula is C20H17N5O2. The zero-order valence-corrected chi connectivity index (χ0v) is 14.9. The molecule has 0 aliphatic rings. The van der Waals surface area contributed by atoms with Crippen molar-refractivity contribution in [2.24, 2.45) is 0 Å². The van der Waals surface area contributed by atoms with Crippen molar-refractivity contribution in [3.63, 3.8) is 0 Å². The molecule has 0 radical (unpaired) electrons. The standard InChI is InChI=1S/C20H17N5O2/c1-12-6-8-14(9-7-12)18-24-20(27-25-18)13(2)23-19(26)15-4-3-5-16-17(15)22-11-10-21-16/h3-11,13H,1-2H3,(H,23,26)/t13-/m0/s1. The molecule has 7 nitrogen and oxygen atoms in total. The van der Waals surface area contributed by atoms with Crippen LogP contribution in [0.25, 0.3) is 22.4 Å². The molecule has 1 amide bonds. The Morgan fingerprint density at radius 2 is 1.85 bits per heavy atom. The molecule has 0 saturated heterocycles. The molecule has 1 atom stereocenters. The van der Waals surface area contributed by atoms with Crippen LogP contribution < -0.4 is 5.32 Å². The van der Waals surface area contributed by atoms with Gasteiger partial charge in [-0.2, -0.15) is 4.98 Å². The quantitative estimate of drug-likeness (QED) is 0.599. The molecule has 2 aromatic heterocycles. The van der Waals surface area contributed by atoms with Gasteiger partial charge in [-0.3, -0.25) is 14.8 Å². The Balaban J connectivity index is 1.54. The summed E-state index contributed by atoms with van der Waals surface area (Å²) in [6.45, 7) is 3.81. The number of nitrogens with one attached hydrogen (secondary N) is 1. The lowest BCUT2D eigenvalue weighted by Crippen LogP contribution is -2.27. The van der Waals surface area contributed by atoms with E-state index in [1.165, 1.54) is 0 Å². The molecule has 4 rings (SSSR count). The van der Waals surface area contributed by atoms with Gasteiger partial charge < -0.3 is 9.84 Å². The van der Waals surface area contributed by atoms with Crippen LogP contribution >= 0.6 is 0 Å². The van der Waals surface area contributed by atoms with E-state index in [9.17, 15) is 4.79 Å². The fraction of sp³-hybridized carbons (Fsp3) is 0.150. The second-order valence-electron chi connectivity index (χ2n) is 6.25. The van der Waals surface area contributed by atoms with Gasteiger partial charge in [0.25, 0.3) is 5.91 Å². The van der Waals surface area contributed by atoms with Crippen LogP contribution in [-0.4, -0.2) is 26.0 Å². The van der Waals surface area contributed by atoms with Crippen molar-refractivity contribution in [3.05, 3.63) is 71.9 Å². The number of aryl methyl sites for hydroxylation is 1. The summed E-state index contributed by atoms with van der Waals surface area (Å²) in [5.74, 6) is 0.552. The molecule has 2 heterocycles. The number of hydrogen-bond acceptors (Lipinski definition) is 6. The van der Waals surface area contributed by atoms with Crippen LogP contribution in [0.5, 0.6) is 0 Å². The van der Waals surface area contributed by atoms with Crippen LogP contribution in [0.3, 0.4) is 0 Å². The highest BCUT2D eigenvalue weighted by Gasteiger charge is 2.19. The molecule has 0 aliphatic heterocycles. The first-order valence-electron chi connectivity index (χ1n) is 8.53. The van der Waals surface area contributed by atoms with E-state index in [0.717, 1.165) is 11.1 Å². The first-order chi connectivity index (χ1) is 13.1. The molecule has 4 aromatic rings. The first-order valence-corrected chi connectivity index (χ1v) is 8.53. The van der Waals surface area contributed by atoms with E-state index in [1.807, 2.05) is 37.3 Å². The highest BCUT2D eigenvalue weighted by Crippen LogP contribution is 2.20. The summed E-state index contributed by atoms with van der Waals surface area (Å²) in [7, 11) is 0. The van der Waals surface area contributed by atoms with Gasteiger partial charge >= 0.3 is 0 Å². The van der Waals surface area contributed by atoms with Crippen LogP contribution in [0.1, 0.15) is 34.8 Å². The maximum Gasteiger partial charge on any atom is 0.254 e. The number of nitrogens with zero attached hydrogens (tertiary/aromatic N) is 4. The number of fused-ring (bicyclic) bond motifs is 1. The third-order valence-electron chi connectivity index (χ3n) is 4.21. The zero-order valence-electron chi connectivity index (χ0n) is 14.9. The molecule has 0 saturated carbocycles. The number of hydrogen-bond donors (Lipinski definition) is 1. The Kier molecular flexibility index (Phi) is 4.33. The van der Waals surface area contributed by atoms with Gasteiger partial charge in [-0.25, -0.2) is 0 Å². The predicted octanol–water partition coefficient (Wildman–Crippen LogP) is 3.48. The van der Waals surface area contributed by atoms with Crippen molar-refractivity contribution in [1.82, 2.24) is 25.4 Å². The zero-order chi connectivity index (χ0) is 18.8. The van der Waals surface area contributed by atoms with Crippen molar-refractivity contribution >= 4 is 16.9 Å². The molecule has 27 heavy (non-hydrogen) atoms. The second kappa shape index (κ2) is 6.95.